The van der Waals surface area contributed by atoms with Crippen LogP contribution in [-0.2, 0) is 6.42 Å². The van der Waals surface area contributed by atoms with Gasteiger partial charge in [0.25, 0.3) is 0 Å². The smallest absolute Gasteiger partial charge is 0.110 e. The number of hydrogen-bond acceptors (Lipinski definition) is 2. The van der Waals surface area contributed by atoms with Crippen molar-refractivity contribution in [2.75, 3.05) is 0 Å². The van der Waals surface area contributed by atoms with E-state index in [1.807, 2.05) is 6.92 Å². The molecule has 0 unspecified atom stereocenters. The van der Waals surface area contributed by atoms with Crippen molar-refractivity contribution >= 4 is 11.3 Å². The minimum absolute atomic E-state index is 0.858. The van der Waals surface area contributed by atoms with Crippen LogP contribution in [0.5, 0.6) is 0 Å². The molecular weight excluding hydrogens is 142 g/mol. The fourth-order valence-corrected chi connectivity index (χ4v) is 1.74. The van der Waals surface area contributed by atoms with E-state index in [1.54, 1.807) is 11.3 Å². The summed E-state index contributed by atoms with van der Waals surface area (Å²) >= 11 is 1.60. The molecule has 1 nitrogen and oxygen atoms in total. The Morgan fingerprint density at radius 1 is 1.70 bits per heavy atom. The van der Waals surface area contributed by atoms with E-state index in [0.717, 1.165) is 16.9 Å². The van der Waals surface area contributed by atoms with E-state index in [0.29, 0.717) is 0 Å². The van der Waals surface area contributed by atoms with Gasteiger partial charge < -0.3 is 0 Å². The molecule has 10 heavy (non-hydrogen) atoms. The highest BCUT2D eigenvalue weighted by Gasteiger charge is 2.01. The second kappa shape index (κ2) is 2.85. The quantitative estimate of drug-likeness (QED) is 0.605. The third-order valence-electron chi connectivity index (χ3n) is 1.42. The second-order valence-electron chi connectivity index (χ2n) is 2.19. The molecule has 1 aromatic heterocycles. The molecule has 0 spiro atoms. The fraction of sp³-hybridized carbons (Fsp3) is 0.375. The highest BCUT2D eigenvalue weighted by molar-refractivity contribution is 7.12. The van der Waals surface area contributed by atoms with Gasteiger partial charge in [0, 0.05) is 4.88 Å². The van der Waals surface area contributed by atoms with E-state index in [9.17, 15) is 0 Å². The minimum Gasteiger partial charge on any atom is -0.192 e. The maximum atomic E-state index is 8.59. The molecule has 0 aliphatic rings. The van der Waals surface area contributed by atoms with Gasteiger partial charge in [-0.05, 0) is 25.0 Å². The van der Waals surface area contributed by atoms with Gasteiger partial charge in [-0.2, -0.15) is 5.26 Å². The van der Waals surface area contributed by atoms with Gasteiger partial charge in [0.2, 0.25) is 0 Å². The van der Waals surface area contributed by atoms with Crippen molar-refractivity contribution in [2.45, 2.75) is 20.3 Å². The molecule has 0 aliphatic heterocycles. The Hall–Kier alpha value is -0.810. The summed E-state index contributed by atoms with van der Waals surface area (Å²) in [6, 6.07) is 4.26. The van der Waals surface area contributed by atoms with Crippen LogP contribution in [0.25, 0.3) is 0 Å². The van der Waals surface area contributed by atoms with Crippen LogP contribution in [0.2, 0.25) is 0 Å². The van der Waals surface area contributed by atoms with Crippen molar-refractivity contribution in [3.63, 3.8) is 0 Å². The zero-order valence-corrected chi connectivity index (χ0v) is 6.96. The highest BCUT2D eigenvalue weighted by atomic mass is 32.1. The molecule has 2 heteroatoms. The van der Waals surface area contributed by atoms with E-state index in [2.05, 4.69) is 19.1 Å². The first-order chi connectivity index (χ1) is 4.77. The average molecular weight is 151 g/mol. The van der Waals surface area contributed by atoms with E-state index < -0.39 is 0 Å². The number of thiophene rings is 1. The normalized spacial score (nSPS) is 9.30. The third kappa shape index (κ3) is 1.19. The molecule has 0 saturated heterocycles. The Kier molecular flexibility index (Phi) is 2.08. The van der Waals surface area contributed by atoms with Gasteiger partial charge in [0.05, 0.1) is 0 Å². The van der Waals surface area contributed by atoms with Gasteiger partial charge >= 0.3 is 0 Å². The molecule has 0 aliphatic carbocycles. The predicted octanol–water partition coefficient (Wildman–Crippen LogP) is 2.49. The summed E-state index contributed by atoms with van der Waals surface area (Å²) in [5.74, 6) is 0. The van der Waals surface area contributed by atoms with Crippen LogP contribution in [0.1, 0.15) is 22.2 Å². The Bertz CT molecular complexity index is 267. The average Bonchev–Trinajstić information content (AvgIpc) is 2.30. The zero-order valence-electron chi connectivity index (χ0n) is 6.14. The minimum atomic E-state index is 0.858. The van der Waals surface area contributed by atoms with E-state index in [-0.39, 0.29) is 0 Å². The van der Waals surface area contributed by atoms with E-state index in [4.69, 9.17) is 5.26 Å². The van der Waals surface area contributed by atoms with Crippen LogP contribution in [0.15, 0.2) is 6.07 Å². The van der Waals surface area contributed by atoms with E-state index in [1.165, 1.54) is 4.88 Å². The number of rotatable bonds is 1. The lowest BCUT2D eigenvalue weighted by atomic mass is 10.2. The van der Waals surface area contributed by atoms with Gasteiger partial charge in [-0.25, -0.2) is 0 Å². The van der Waals surface area contributed by atoms with Crippen molar-refractivity contribution in [3.05, 3.63) is 21.4 Å². The standard InChI is InChI=1S/C8H9NS/c1-3-7-4-6(2)8(5-9)10-7/h4H,3H2,1-2H3. The Balaban J connectivity index is 3.07. The topological polar surface area (TPSA) is 23.8 Å². The molecule has 0 aromatic carbocycles. The molecule has 1 heterocycles. The van der Waals surface area contributed by atoms with Crippen molar-refractivity contribution < 1.29 is 0 Å². The molecule has 1 aromatic rings. The summed E-state index contributed by atoms with van der Waals surface area (Å²) in [4.78, 5) is 2.16. The first-order valence-corrected chi connectivity index (χ1v) is 4.09. The third-order valence-corrected chi connectivity index (χ3v) is 2.70. The number of hydrogen-bond donors (Lipinski definition) is 0. The molecule has 0 fully saturated rings. The van der Waals surface area contributed by atoms with Crippen LogP contribution < -0.4 is 0 Å². The van der Waals surface area contributed by atoms with Gasteiger partial charge in [-0.3, -0.25) is 0 Å². The highest BCUT2D eigenvalue weighted by Crippen LogP contribution is 2.20. The van der Waals surface area contributed by atoms with Crippen LogP contribution in [0.3, 0.4) is 0 Å². The molecule has 0 saturated carbocycles. The van der Waals surface area contributed by atoms with Crippen molar-refractivity contribution in [2.24, 2.45) is 0 Å². The lowest BCUT2D eigenvalue weighted by Crippen LogP contribution is -1.66. The Morgan fingerprint density at radius 3 is 2.70 bits per heavy atom. The first-order valence-electron chi connectivity index (χ1n) is 3.27. The lowest BCUT2D eigenvalue weighted by molar-refractivity contribution is 1.18. The second-order valence-corrected chi connectivity index (χ2v) is 3.33. The van der Waals surface area contributed by atoms with Crippen LogP contribution in [0.4, 0.5) is 0 Å². The van der Waals surface area contributed by atoms with Crippen molar-refractivity contribution in [3.8, 4) is 6.07 Å². The molecule has 0 bridgehead atoms. The molecule has 52 valence electrons. The molecule has 0 amide bonds. The van der Waals surface area contributed by atoms with Gasteiger partial charge in [0.15, 0.2) is 0 Å². The van der Waals surface area contributed by atoms with Gasteiger partial charge in [-0.15, -0.1) is 11.3 Å². The zero-order chi connectivity index (χ0) is 7.56. The maximum Gasteiger partial charge on any atom is 0.110 e. The summed E-state index contributed by atoms with van der Waals surface area (Å²) < 4.78 is 0. The van der Waals surface area contributed by atoms with Crippen molar-refractivity contribution in [1.29, 1.82) is 5.26 Å². The van der Waals surface area contributed by atoms with Crippen LogP contribution in [-0.4, -0.2) is 0 Å². The molecule has 0 N–H and O–H groups in total. The summed E-state index contributed by atoms with van der Waals surface area (Å²) in [6.45, 7) is 4.08. The molecule has 0 radical (unpaired) electrons. The van der Waals surface area contributed by atoms with Crippen LogP contribution >= 0.6 is 11.3 Å². The van der Waals surface area contributed by atoms with Crippen molar-refractivity contribution in [1.82, 2.24) is 0 Å². The van der Waals surface area contributed by atoms with Crippen LogP contribution in [0, 0.1) is 18.3 Å². The van der Waals surface area contributed by atoms with E-state index >= 15 is 0 Å². The summed E-state index contributed by atoms with van der Waals surface area (Å²) in [5.41, 5.74) is 1.12. The number of nitrogens with zero attached hydrogens (tertiary/aromatic N) is 1. The maximum absolute atomic E-state index is 8.59. The molecule has 0 atom stereocenters. The van der Waals surface area contributed by atoms with Gasteiger partial charge in [0.1, 0.15) is 10.9 Å². The summed E-state index contributed by atoms with van der Waals surface area (Å²) in [6.07, 6.45) is 1.03. The Labute approximate surface area is 64.9 Å². The Morgan fingerprint density at radius 2 is 2.40 bits per heavy atom. The monoisotopic (exact) mass is 151 g/mol. The predicted molar refractivity (Wildman–Crippen MR) is 43.1 cm³/mol. The molecular formula is C8H9NS. The number of nitriles is 1. The SMILES string of the molecule is CCc1cc(C)c(C#N)s1. The largest absolute Gasteiger partial charge is 0.192 e. The summed E-state index contributed by atoms with van der Waals surface area (Å²) in [7, 11) is 0. The number of aryl methyl sites for hydroxylation is 2. The fourth-order valence-electron chi connectivity index (χ4n) is 0.833. The summed E-state index contributed by atoms with van der Waals surface area (Å²) in [5, 5.41) is 8.59. The molecule has 1 rings (SSSR count). The first kappa shape index (κ1) is 7.30. The van der Waals surface area contributed by atoms with Gasteiger partial charge in [-0.1, -0.05) is 6.92 Å². The lowest BCUT2D eigenvalue weighted by Gasteiger charge is -1.79.